The Morgan fingerprint density at radius 2 is 1.89 bits per heavy atom. The van der Waals surface area contributed by atoms with Crippen molar-refractivity contribution in [3.05, 3.63) is 47.8 Å². The SMILES string of the molecule is COCC(=O)N(c1c(F)cccc1F)S(=O)(=O)c1nc2nc(C)ccn2n1. The van der Waals surface area contributed by atoms with E-state index in [1.807, 2.05) is 0 Å². The second kappa shape index (κ2) is 6.96. The average molecular weight is 397 g/mol. The monoisotopic (exact) mass is 397 g/mol. The fourth-order valence-electron chi connectivity index (χ4n) is 2.28. The van der Waals surface area contributed by atoms with Crippen LogP contribution >= 0.6 is 0 Å². The number of para-hydroxylation sites is 1. The molecule has 2 aromatic heterocycles. The van der Waals surface area contributed by atoms with Crippen molar-refractivity contribution in [3.63, 3.8) is 0 Å². The molecule has 0 radical (unpaired) electrons. The first-order valence-electron chi connectivity index (χ1n) is 7.47. The molecule has 0 aliphatic rings. The molecule has 3 aromatic rings. The molecule has 0 aliphatic heterocycles. The van der Waals surface area contributed by atoms with Gasteiger partial charge in [0.2, 0.25) is 0 Å². The van der Waals surface area contributed by atoms with Crippen molar-refractivity contribution < 1.29 is 26.7 Å². The average Bonchev–Trinajstić information content (AvgIpc) is 3.02. The maximum absolute atomic E-state index is 14.2. The van der Waals surface area contributed by atoms with E-state index < -0.39 is 45.0 Å². The smallest absolute Gasteiger partial charge is 0.308 e. The van der Waals surface area contributed by atoms with E-state index in [0.29, 0.717) is 5.69 Å². The van der Waals surface area contributed by atoms with E-state index in [4.69, 9.17) is 0 Å². The number of carbonyl (C=O) groups excluding carboxylic acids is 1. The lowest BCUT2D eigenvalue weighted by atomic mass is 10.3. The number of carbonyl (C=O) groups is 1. The van der Waals surface area contributed by atoms with Crippen molar-refractivity contribution in [2.24, 2.45) is 0 Å². The van der Waals surface area contributed by atoms with E-state index in [0.717, 1.165) is 29.8 Å². The van der Waals surface area contributed by atoms with E-state index in [9.17, 15) is 22.0 Å². The summed E-state index contributed by atoms with van der Waals surface area (Å²) in [7, 11) is -3.72. The Balaban J connectivity index is 2.22. The first kappa shape index (κ1) is 18.8. The van der Waals surface area contributed by atoms with Gasteiger partial charge in [0, 0.05) is 19.0 Å². The molecular formula is C15H13F2N5O4S. The van der Waals surface area contributed by atoms with Gasteiger partial charge in [0.15, 0.2) is 11.6 Å². The highest BCUT2D eigenvalue weighted by Gasteiger charge is 2.38. The van der Waals surface area contributed by atoms with Gasteiger partial charge >= 0.3 is 10.0 Å². The zero-order valence-corrected chi connectivity index (χ0v) is 14.9. The highest BCUT2D eigenvalue weighted by Crippen LogP contribution is 2.28. The molecule has 0 fully saturated rings. The molecule has 0 bridgehead atoms. The lowest BCUT2D eigenvalue weighted by molar-refractivity contribution is -0.121. The second-order valence-corrected chi connectivity index (χ2v) is 7.05. The number of amides is 1. The van der Waals surface area contributed by atoms with Crippen LogP contribution in [0.4, 0.5) is 14.5 Å². The summed E-state index contributed by atoms with van der Waals surface area (Å²) < 4.78 is 60.0. The topological polar surface area (TPSA) is 107 Å². The van der Waals surface area contributed by atoms with Gasteiger partial charge in [0.1, 0.15) is 12.3 Å². The molecule has 0 saturated heterocycles. The van der Waals surface area contributed by atoms with Gasteiger partial charge in [-0.3, -0.25) is 4.79 Å². The summed E-state index contributed by atoms with van der Waals surface area (Å²) in [6.07, 6.45) is 1.41. The molecule has 0 aliphatic carbocycles. The summed E-state index contributed by atoms with van der Waals surface area (Å²) in [6, 6.07) is 4.24. The van der Waals surface area contributed by atoms with Gasteiger partial charge in [0.05, 0.1) is 0 Å². The minimum atomic E-state index is -4.85. The Labute approximate surface area is 152 Å². The number of ether oxygens (including phenoxy) is 1. The highest BCUT2D eigenvalue weighted by molar-refractivity contribution is 7.93. The van der Waals surface area contributed by atoms with E-state index in [1.54, 1.807) is 13.0 Å². The molecule has 0 N–H and O–H groups in total. The molecule has 9 nitrogen and oxygen atoms in total. The number of sulfonamides is 1. The van der Waals surface area contributed by atoms with Gasteiger partial charge in [-0.05, 0) is 25.1 Å². The van der Waals surface area contributed by atoms with Crippen LogP contribution in [0, 0.1) is 18.6 Å². The number of methoxy groups -OCH3 is 1. The zero-order chi connectivity index (χ0) is 19.8. The molecule has 12 heteroatoms. The van der Waals surface area contributed by atoms with Crippen LogP contribution in [0.2, 0.25) is 0 Å². The van der Waals surface area contributed by atoms with Gasteiger partial charge < -0.3 is 4.74 Å². The van der Waals surface area contributed by atoms with Crippen molar-refractivity contribution in [2.45, 2.75) is 12.1 Å². The molecule has 142 valence electrons. The van der Waals surface area contributed by atoms with Crippen molar-refractivity contribution in [1.29, 1.82) is 0 Å². The molecule has 3 rings (SSSR count). The minimum absolute atomic E-state index is 0.0389. The number of hydrogen-bond donors (Lipinski definition) is 0. The summed E-state index contributed by atoms with van der Waals surface area (Å²) in [5, 5.41) is 2.91. The number of halogens is 2. The van der Waals surface area contributed by atoms with E-state index in [-0.39, 0.29) is 10.1 Å². The Morgan fingerprint density at radius 3 is 2.52 bits per heavy atom. The van der Waals surface area contributed by atoms with Crippen LogP contribution in [0.5, 0.6) is 0 Å². The van der Waals surface area contributed by atoms with Crippen LogP contribution in [-0.4, -0.2) is 47.6 Å². The van der Waals surface area contributed by atoms with Crippen LogP contribution in [0.15, 0.2) is 35.6 Å². The number of aryl methyl sites for hydroxylation is 1. The number of anilines is 1. The highest BCUT2D eigenvalue weighted by atomic mass is 32.2. The number of nitrogens with zero attached hydrogens (tertiary/aromatic N) is 5. The normalized spacial score (nSPS) is 11.7. The van der Waals surface area contributed by atoms with Gasteiger partial charge in [-0.25, -0.2) is 18.3 Å². The lowest BCUT2D eigenvalue weighted by Crippen LogP contribution is -2.41. The number of rotatable bonds is 5. The van der Waals surface area contributed by atoms with Gasteiger partial charge in [-0.15, -0.1) is 5.10 Å². The summed E-state index contributed by atoms with van der Waals surface area (Å²) in [6.45, 7) is 0.920. The fourth-order valence-corrected chi connectivity index (χ4v) is 3.57. The summed E-state index contributed by atoms with van der Waals surface area (Å²) in [5.74, 6) is -3.77. The van der Waals surface area contributed by atoms with Crippen LogP contribution in [-0.2, 0) is 19.6 Å². The molecule has 27 heavy (non-hydrogen) atoms. The maximum Gasteiger partial charge on any atom is 0.308 e. The summed E-state index contributed by atoms with van der Waals surface area (Å²) >= 11 is 0. The maximum atomic E-state index is 14.2. The number of aromatic nitrogens is 4. The summed E-state index contributed by atoms with van der Waals surface area (Å²) in [4.78, 5) is 20.1. The van der Waals surface area contributed by atoms with Crippen LogP contribution < -0.4 is 4.31 Å². The fraction of sp³-hybridized carbons (Fsp3) is 0.200. The predicted molar refractivity (Wildman–Crippen MR) is 88.4 cm³/mol. The third-order valence-electron chi connectivity index (χ3n) is 3.43. The Kier molecular flexibility index (Phi) is 4.85. The van der Waals surface area contributed by atoms with Gasteiger partial charge in [-0.2, -0.15) is 17.7 Å². The third-order valence-corrected chi connectivity index (χ3v) is 4.93. The summed E-state index contributed by atoms with van der Waals surface area (Å²) in [5.41, 5.74) is -0.520. The Hall–Kier alpha value is -2.99. The van der Waals surface area contributed by atoms with E-state index in [1.165, 1.54) is 6.20 Å². The van der Waals surface area contributed by atoms with Crippen LogP contribution in [0.1, 0.15) is 5.69 Å². The van der Waals surface area contributed by atoms with E-state index in [2.05, 4.69) is 19.8 Å². The standard InChI is InChI=1S/C15H13F2N5O4S/c1-9-6-7-21-14(18-9)19-15(20-21)27(24,25)22(12(23)8-26-2)13-10(16)4-3-5-11(13)17/h3-7H,8H2,1-2H3. The Morgan fingerprint density at radius 1 is 1.22 bits per heavy atom. The molecule has 0 unspecified atom stereocenters. The lowest BCUT2D eigenvalue weighted by Gasteiger charge is -2.21. The number of hydrogen-bond acceptors (Lipinski definition) is 7. The quantitative estimate of drug-likeness (QED) is 0.634. The first-order valence-corrected chi connectivity index (χ1v) is 8.91. The molecular weight excluding hydrogens is 384 g/mol. The van der Waals surface area contributed by atoms with Crippen molar-refractivity contribution in [2.75, 3.05) is 18.0 Å². The first-order chi connectivity index (χ1) is 12.8. The second-order valence-electron chi connectivity index (χ2n) is 5.37. The predicted octanol–water partition coefficient (Wildman–Crippen LogP) is 1.08. The van der Waals surface area contributed by atoms with Gasteiger partial charge in [0.25, 0.3) is 16.8 Å². The van der Waals surface area contributed by atoms with Crippen LogP contribution in [0.25, 0.3) is 5.78 Å². The van der Waals surface area contributed by atoms with Crippen LogP contribution in [0.3, 0.4) is 0 Å². The molecule has 0 spiro atoms. The zero-order valence-electron chi connectivity index (χ0n) is 14.1. The molecule has 1 aromatic carbocycles. The molecule has 0 atom stereocenters. The van der Waals surface area contributed by atoms with Crippen molar-refractivity contribution in [3.8, 4) is 0 Å². The van der Waals surface area contributed by atoms with Crippen molar-refractivity contribution >= 4 is 27.4 Å². The molecule has 2 heterocycles. The van der Waals surface area contributed by atoms with Crippen molar-refractivity contribution in [1.82, 2.24) is 19.6 Å². The number of benzene rings is 1. The van der Waals surface area contributed by atoms with Gasteiger partial charge in [-0.1, -0.05) is 6.07 Å². The third kappa shape index (κ3) is 3.36. The molecule has 1 amide bonds. The number of fused-ring (bicyclic) bond motifs is 1. The Bertz CT molecular complexity index is 1110. The minimum Gasteiger partial charge on any atom is -0.375 e. The largest absolute Gasteiger partial charge is 0.375 e. The molecule has 0 saturated carbocycles. The van der Waals surface area contributed by atoms with E-state index >= 15 is 0 Å².